The van der Waals surface area contributed by atoms with E-state index in [-0.39, 0.29) is 11.6 Å². The number of benzene rings is 1. The third-order valence-electron chi connectivity index (χ3n) is 2.72. The van der Waals surface area contributed by atoms with Crippen molar-refractivity contribution < 1.29 is 14.7 Å². The van der Waals surface area contributed by atoms with Gasteiger partial charge in [0.05, 0.1) is 12.1 Å². The van der Waals surface area contributed by atoms with Crippen molar-refractivity contribution in [3.8, 4) is 0 Å². The number of rotatable bonds is 4. The minimum atomic E-state index is -0.976. The van der Waals surface area contributed by atoms with Crippen LogP contribution in [0.25, 0.3) is 0 Å². The van der Waals surface area contributed by atoms with Crippen molar-refractivity contribution >= 4 is 29.0 Å². The summed E-state index contributed by atoms with van der Waals surface area (Å²) >= 11 is 1.57. The predicted octanol–water partition coefficient (Wildman–Crippen LogP) is 3.08. The van der Waals surface area contributed by atoms with Crippen LogP contribution in [-0.2, 0) is 6.54 Å². The highest BCUT2D eigenvalue weighted by Crippen LogP contribution is 2.15. The molecule has 6 heteroatoms. The Bertz CT molecular complexity index is 623. The van der Waals surface area contributed by atoms with Crippen LogP contribution >= 0.6 is 11.3 Å². The van der Waals surface area contributed by atoms with E-state index in [4.69, 9.17) is 5.11 Å². The summed E-state index contributed by atoms with van der Waals surface area (Å²) in [5, 5.41) is 16.3. The average molecular weight is 290 g/mol. The van der Waals surface area contributed by atoms with Gasteiger partial charge in [0.15, 0.2) is 0 Å². The molecule has 2 amide bonds. The molecule has 0 spiro atoms. The molecule has 1 heterocycles. The molecule has 1 aromatic heterocycles. The molecule has 0 aliphatic rings. The van der Waals surface area contributed by atoms with Gasteiger partial charge < -0.3 is 15.7 Å². The second-order valence-electron chi connectivity index (χ2n) is 4.22. The van der Waals surface area contributed by atoms with E-state index in [1.54, 1.807) is 30.4 Å². The Morgan fingerprint density at radius 2 is 2.10 bits per heavy atom. The number of carboxylic acid groups (broad SMARTS) is 1. The molecule has 1 aromatic carbocycles. The van der Waals surface area contributed by atoms with E-state index in [0.29, 0.717) is 17.8 Å². The van der Waals surface area contributed by atoms with Crippen molar-refractivity contribution in [1.82, 2.24) is 5.32 Å². The van der Waals surface area contributed by atoms with Gasteiger partial charge in [0.1, 0.15) is 0 Å². The first kappa shape index (κ1) is 14.1. The Morgan fingerprint density at radius 1 is 1.30 bits per heavy atom. The number of amides is 2. The highest BCUT2D eigenvalue weighted by Gasteiger charge is 2.08. The number of carbonyl (C=O) groups is 2. The molecule has 5 nitrogen and oxygen atoms in total. The molecule has 2 rings (SSSR count). The third-order valence-corrected chi connectivity index (χ3v) is 3.59. The van der Waals surface area contributed by atoms with E-state index < -0.39 is 5.97 Å². The molecule has 0 radical (unpaired) electrons. The van der Waals surface area contributed by atoms with Gasteiger partial charge in [0.2, 0.25) is 0 Å². The van der Waals surface area contributed by atoms with E-state index in [9.17, 15) is 9.59 Å². The van der Waals surface area contributed by atoms with Crippen molar-refractivity contribution in [2.24, 2.45) is 0 Å². The average Bonchev–Trinajstić information content (AvgIpc) is 2.89. The van der Waals surface area contributed by atoms with Gasteiger partial charge in [-0.3, -0.25) is 0 Å². The maximum Gasteiger partial charge on any atom is 0.335 e. The Labute approximate surface area is 120 Å². The molecular formula is C14H14N2O3S. The number of aromatic carboxylic acids is 1. The Kier molecular flexibility index (Phi) is 4.37. The molecule has 0 fully saturated rings. The van der Waals surface area contributed by atoms with Crippen LogP contribution in [0.15, 0.2) is 35.7 Å². The van der Waals surface area contributed by atoms with E-state index in [1.165, 1.54) is 6.07 Å². The number of nitrogens with one attached hydrogen (secondary N) is 2. The summed E-state index contributed by atoms with van der Waals surface area (Å²) in [6.07, 6.45) is 0. The fourth-order valence-electron chi connectivity index (χ4n) is 1.74. The number of hydrogen-bond donors (Lipinski definition) is 3. The van der Waals surface area contributed by atoms with Crippen LogP contribution in [0.3, 0.4) is 0 Å². The van der Waals surface area contributed by atoms with Crippen molar-refractivity contribution in [3.05, 3.63) is 51.7 Å². The second kappa shape index (κ2) is 6.21. The van der Waals surface area contributed by atoms with Crippen LogP contribution in [0.2, 0.25) is 0 Å². The van der Waals surface area contributed by atoms with Gasteiger partial charge in [0, 0.05) is 10.6 Å². The van der Waals surface area contributed by atoms with Crippen molar-refractivity contribution in [1.29, 1.82) is 0 Å². The number of aryl methyl sites for hydroxylation is 1. The number of thiophene rings is 1. The molecule has 20 heavy (non-hydrogen) atoms. The summed E-state index contributed by atoms with van der Waals surface area (Å²) in [4.78, 5) is 23.7. The van der Waals surface area contributed by atoms with Gasteiger partial charge in [-0.05, 0) is 42.1 Å². The first-order chi connectivity index (χ1) is 9.56. The lowest BCUT2D eigenvalue weighted by Gasteiger charge is -2.08. The maximum atomic E-state index is 11.7. The van der Waals surface area contributed by atoms with Gasteiger partial charge in [-0.25, -0.2) is 9.59 Å². The minimum Gasteiger partial charge on any atom is -0.478 e. The lowest BCUT2D eigenvalue weighted by Crippen LogP contribution is -2.27. The van der Waals surface area contributed by atoms with Crippen molar-refractivity contribution in [3.63, 3.8) is 0 Å². The lowest BCUT2D eigenvalue weighted by atomic mass is 10.1. The monoisotopic (exact) mass is 290 g/mol. The van der Waals surface area contributed by atoms with Crippen molar-refractivity contribution in [2.75, 3.05) is 5.32 Å². The third kappa shape index (κ3) is 3.58. The van der Waals surface area contributed by atoms with Gasteiger partial charge >= 0.3 is 12.0 Å². The van der Waals surface area contributed by atoms with Gasteiger partial charge in [-0.2, -0.15) is 0 Å². The quantitative estimate of drug-likeness (QED) is 0.809. The molecule has 0 bridgehead atoms. The minimum absolute atomic E-state index is 0.231. The molecular weight excluding hydrogens is 276 g/mol. The molecule has 0 aliphatic heterocycles. The summed E-state index contributed by atoms with van der Waals surface area (Å²) in [5.74, 6) is -0.976. The number of anilines is 1. The summed E-state index contributed by atoms with van der Waals surface area (Å²) in [6, 6.07) is 8.23. The highest BCUT2D eigenvalue weighted by atomic mass is 32.1. The number of carbonyl (C=O) groups excluding carboxylic acids is 1. The number of urea groups is 1. The fraction of sp³-hybridized carbons (Fsp3) is 0.143. The Hall–Kier alpha value is -2.34. The standard InChI is InChI=1S/C14H14N2O3S/c1-9-7-10(4-5-12(9)13(17)18)16-14(19)15-8-11-3-2-6-20-11/h2-7H,8H2,1H3,(H,17,18)(H2,15,16,19). The molecule has 104 valence electrons. The molecule has 0 saturated heterocycles. The van der Waals surface area contributed by atoms with Crippen LogP contribution in [0.1, 0.15) is 20.8 Å². The maximum absolute atomic E-state index is 11.7. The van der Waals surface area contributed by atoms with E-state index >= 15 is 0 Å². The van der Waals surface area contributed by atoms with E-state index in [0.717, 1.165) is 4.88 Å². The zero-order valence-corrected chi connectivity index (χ0v) is 11.7. The van der Waals surface area contributed by atoms with Crippen LogP contribution in [0.5, 0.6) is 0 Å². The number of hydrogen-bond acceptors (Lipinski definition) is 3. The van der Waals surface area contributed by atoms with Crippen LogP contribution in [0.4, 0.5) is 10.5 Å². The summed E-state index contributed by atoms with van der Waals surface area (Å²) in [6.45, 7) is 2.16. The van der Waals surface area contributed by atoms with Gasteiger partial charge in [-0.1, -0.05) is 6.07 Å². The molecule has 2 aromatic rings. The molecule has 0 saturated carbocycles. The topological polar surface area (TPSA) is 78.4 Å². The summed E-state index contributed by atoms with van der Waals surface area (Å²) in [5.41, 5.74) is 1.40. The Balaban J connectivity index is 1.94. The fourth-order valence-corrected chi connectivity index (χ4v) is 2.38. The van der Waals surface area contributed by atoms with Gasteiger partial charge in [0.25, 0.3) is 0 Å². The number of carboxylic acids is 1. The lowest BCUT2D eigenvalue weighted by molar-refractivity contribution is 0.0696. The van der Waals surface area contributed by atoms with E-state index in [1.807, 2.05) is 17.5 Å². The first-order valence-electron chi connectivity index (χ1n) is 5.97. The van der Waals surface area contributed by atoms with Crippen molar-refractivity contribution in [2.45, 2.75) is 13.5 Å². The van der Waals surface area contributed by atoms with Crippen LogP contribution < -0.4 is 10.6 Å². The van der Waals surface area contributed by atoms with E-state index in [2.05, 4.69) is 10.6 Å². The second-order valence-corrected chi connectivity index (χ2v) is 5.25. The largest absolute Gasteiger partial charge is 0.478 e. The van der Waals surface area contributed by atoms with Gasteiger partial charge in [-0.15, -0.1) is 11.3 Å². The zero-order valence-electron chi connectivity index (χ0n) is 10.8. The molecule has 3 N–H and O–H groups in total. The molecule has 0 unspecified atom stereocenters. The molecule has 0 atom stereocenters. The molecule has 0 aliphatic carbocycles. The zero-order chi connectivity index (χ0) is 14.5. The summed E-state index contributed by atoms with van der Waals surface area (Å²) < 4.78 is 0. The SMILES string of the molecule is Cc1cc(NC(=O)NCc2cccs2)ccc1C(=O)O. The first-order valence-corrected chi connectivity index (χ1v) is 6.85. The van der Waals surface area contributed by atoms with Crippen LogP contribution in [0, 0.1) is 6.92 Å². The summed E-state index contributed by atoms with van der Waals surface area (Å²) in [7, 11) is 0. The van der Waals surface area contributed by atoms with Crippen LogP contribution in [-0.4, -0.2) is 17.1 Å². The predicted molar refractivity (Wildman–Crippen MR) is 78.3 cm³/mol. The highest BCUT2D eigenvalue weighted by molar-refractivity contribution is 7.09. The normalized spacial score (nSPS) is 10.1. The smallest absolute Gasteiger partial charge is 0.335 e. The Morgan fingerprint density at radius 3 is 2.70 bits per heavy atom.